The Labute approximate surface area is 68.8 Å². The quantitative estimate of drug-likeness (QED) is 0.368. The first-order valence-electron chi connectivity index (χ1n) is 2.46. The monoisotopic (exact) mass is 226 g/mol. The molecule has 0 amide bonds. The van der Waals surface area contributed by atoms with Crippen LogP contribution in [0.3, 0.4) is 0 Å². The van der Waals surface area contributed by atoms with E-state index in [0.717, 1.165) is 6.42 Å². The van der Waals surface area contributed by atoms with Gasteiger partial charge in [-0.05, 0) is 13.8 Å². The van der Waals surface area contributed by atoms with E-state index in [9.17, 15) is 0 Å². The van der Waals surface area contributed by atoms with Crippen LogP contribution in [0, 0.1) is 6.92 Å². The first-order chi connectivity index (χ1) is 3.77. The van der Waals surface area contributed by atoms with Crippen molar-refractivity contribution in [1.82, 2.24) is 0 Å². The predicted octanol–water partition coefficient (Wildman–Crippen LogP) is 3.02. The number of allylic oxidation sites excluding steroid dienone is 2. The number of halogens is 1. The molecule has 0 nitrogen and oxygen atoms in total. The molecule has 0 saturated heterocycles. The number of hydrogen-bond donors (Lipinski definition) is 0. The molecule has 0 aliphatic carbocycles. The molecule has 0 aliphatic heterocycles. The van der Waals surface area contributed by atoms with Crippen LogP contribution in [0.15, 0.2) is 11.6 Å². The van der Waals surface area contributed by atoms with Crippen LogP contribution in [-0.2, 0) is 16.3 Å². The molecule has 0 spiro atoms. The fourth-order valence-corrected chi connectivity index (χ4v) is 0.289. The second kappa shape index (κ2) is 10.8. The van der Waals surface area contributed by atoms with Crippen LogP contribution in [-0.4, -0.2) is 0 Å². The van der Waals surface area contributed by atoms with Gasteiger partial charge in [0, 0.05) is 0 Å². The number of rotatable bonds is 1. The summed E-state index contributed by atoms with van der Waals surface area (Å²) in [6.07, 6.45) is 3.02. The molecule has 0 bridgehead atoms. The Morgan fingerprint density at radius 3 is 2.00 bits per heavy atom. The first kappa shape index (κ1) is 11.6. The third-order valence-electron chi connectivity index (χ3n) is 0.553. The van der Waals surface area contributed by atoms with Crippen LogP contribution < -0.4 is 0 Å². The van der Waals surface area contributed by atoms with Crippen molar-refractivity contribution in [2.75, 3.05) is 0 Å². The molecule has 0 fully saturated rings. The van der Waals surface area contributed by atoms with Gasteiger partial charge in [-0.15, -0.1) is 6.08 Å². The summed E-state index contributed by atoms with van der Waals surface area (Å²) in [6.45, 7) is 7.80. The average Bonchev–Trinajstić information content (AvgIpc) is 1.72. The van der Waals surface area contributed by atoms with Crippen LogP contribution in [0.25, 0.3) is 0 Å². The molecule has 0 rings (SSSR count). The summed E-state index contributed by atoms with van der Waals surface area (Å²) in [6, 6.07) is 0. The Bertz CT molecular complexity index is 55.5. The summed E-state index contributed by atoms with van der Waals surface area (Å²) in [5.41, 5.74) is 1.35. The maximum atomic E-state index is 3.65. The van der Waals surface area contributed by atoms with Crippen molar-refractivity contribution >= 4 is 13.6 Å². The number of hydrogen-bond acceptors (Lipinski definition) is 0. The van der Waals surface area contributed by atoms with Crippen molar-refractivity contribution in [1.29, 1.82) is 0 Å². The summed E-state index contributed by atoms with van der Waals surface area (Å²) in [5.74, 6) is 0. The van der Waals surface area contributed by atoms with Gasteiger partial charge in [-0.1, -0.05) is 5.57 Å². The van der Waals surface area contributed by atoms with E-state index in [1.165, 1.54) is 21.9 Å². The average molecular weight is 228 g/mol. The van der Waals surface area contributed by atoms with Gasteiger partial charge in [-0.25, -0.2) is 0 Å². The molecule has 0 aromatic carbocycles. The fourth-order valence-electron chi connectivity index (χ4n) is 0.289. The third kappa shape index (κ3) is 15.8. The van der Waals surface area contributed by atoms with Gasteiger partial charge in [0.1, 0.15) is 0 Å². The molecule has 0 heterocycles. The Hall–Kier alpha value is 0.843. The normalized spacial score (nSPS) is 6.75. The zero-order chi connectivity index (χ0) is 6.99. The molecule has 0 saturated carbocycles. The van der Waals surface area contributed by atoms with E-state index in [2.05, 4.69) is 40.5 Å². The molecule has 44 valence electrons. The fraction of sp³-hybridized carbons (Fsp3) is 0.500. The Kier molecular flexibility index (Phi) is 15.6. The van der Waals surface area contributed by atoms with Gasteiger partial charge in [-0.2, -0.15) is 6.42 Å². The van der Waals surface area contributed by atoms with Crippen LogP contribution >= 0.6 is 13.6 Å². The van der Waals surface area contributed by atoms with Gasteiger partial charge in [0.15, 0.2) is 0 Å². The molecule has 0 unspecified atom stereocenters. The molecule has 2 heteroatoms. The molecule has 0 atom stereocenters. The van der Waals surface area contributed by atoms with Gasteiger partial charge >= 0.3 is 30.0 Å². The zero-order valence-electron chi connectivity index (χ0n) is 5.58. The third-order valence-corrected chi connectivity index (χ3v) is 0.553. The zero-order valence-corrected chi connectivity index (χ0v) is 10.1. The van der Waals surface area contributed by atoms with Crippen LogP contribution in [0.5, 0.6) is 0 Å². The topological polar surface area (TPSA) is 0 Å². The molecule has 0 aromatic heterocycles. The molecular weight excluding hydrogens is 217 g/mol. The van der Waals surface area contributed by atoms with Gasteiger partial charge in [0.05, 0.1) is 0 Å². The first-order valence-corrected chi connectivity index (χ1v) is 9.41. The van der Waals surface area contributed by atoms with Crippen molar-refractivity contribution < 1.29 is 16.3 Å². The molecular formula is C6H11BrZn. The van der Waals surface area contributed by atoms with Crippen molar-refractivity contribution in [2.24, 2.45) is 0 Å². The second-order valence-corrected chi connectivity index (χ2v) is 1.57. The molecule has 0 aromatic rings. The van der Waals surface area contributed by atoms with E-state index < -0.39 is 0 Å². The second-order valence-electron chi connectivity index (χ2n) is 1.57. The van der Waals surface area contributed by atoms with E-state index in [-0.39, 0.29) is 0 Å². The van der Waals surface area contributed by atoms with Gasteiger partial charge in [0.2, 0.25) is 0 Å². The van der Waals surface area contributed by atoms with Gasteiger partial charge in [0.25, 0.3) is 0 Å². The van der Waals surface area contributed by atoms with Crippen molar-refractivity contribution in [3.05, 3.63) is 18.6 Å². The molecule has 0 aliphatic rings. The van der Waals surface area contributed by atoms with E-state index in [1.807, 2.05) is 0 Å². The minimum absolute atomic E-state index is 0.919. The van der Waals surface area contributed by atoms with Gasteiger partial charge in [-0.3, -0.25) is 0 Å². The summed E-state index contributed by atoms with van der Waals surface area (Å²) in [4.78, 5) is 0. The summed E-state index contributed by atoms with van der Waals surface area (Å²) in [7, 11) is 0. The van der Waals surface area contributed by atoms with Crippen LogP contribution in [0.1, 0.15) is 20.3 Å². The predicted molar refractivity (Wildman–Crippen MR) is 38.3 cm³/mol. The van der Waals surface area contributed by atoms with E-state index >= 15 is 0 Å². The van der Waals surface area contributed by atoms with E-state index in [4.69, 9.17) is 0 Å². The summed E-state index contributed by atoms with van der Waals surface area (Å²) in [5, 5.41) is 0. The van der Waals surface area contributed by atoms with E-state index in [0.29, 0.717) is 0 Å². The Morgan fingerprint density at radius 2 is 2.00 bits per heavy atom. The Morgan fingerprint density at radius 1 is 1.62 bits per heavy atom. The molecule has 8 heavy (non-hydrogen) atoms. The van der Waals surface area contributed by atoms with Crippen molar-refractivity contribution in [2.45, 2.75) is 20.3 Å². The van der Waals surface area contributed by atoms with E-state index in [1.54, 1.807) is 0 Å². The standard InChI is InChI=1S/C6H11.BrH.Zn/c1-4-5-6(2)3;;/h5H,1,4H2,2-3H3;1H;/q-1;;+2/p-1. The van der Waals surface area contributed by atoms with Crippen LogP contribution in [0.2, 0.25) is 0 Å². The Balaban J connectivity index is 0. The summed E-state index contributed by atoms with van der Waals surface area (Å²) < 4.78 is 0. The molecule has 0 radical (unpaired) electrons. The van der Waals surface area contributed by atoms with Crippen molar-refractivity contribution in [3.8, 4) is 0 Å². The van der Waals surface area contributed by atoms with Crippen LogP contribution in [0.4, 0.5) is 0 Å². The van der Waals surface area contributed by atoms with Gasteiger partial charge < -0.3 is 6.92 Å². The SMILES string of the molecule is [CH2-]CC=C(C)C.[Zn+][Br]. The molecule has 0 N–H and O–H groups in total. The summed E-state index contributed by atoms with van der Waals surface area (Å²) >= 11 is 4.25. The van der Waals surface area contributed by atoms with Crippen molar-refractivity contribution in [3.63, 3.8) is 0 Å². The maximum absolute atomic E-state index is 3.65. The minimum atomic E-state index is 0.919.